The predicted molar refractivity (Wildman–Crippen MR) is 82.6 cm³/mol. The van der Waals surface area contributed by atoms with Gasteiger partial charge >= 0.3 is 12.1 Å². The molecule has 0 saturated carbocycles. The minimum absolute atomic E-state index is 0.0251. The van der Waals surface area contributed by atoms with Gasteiger partial charge in [0.05, 0.1) is 12.3 Å². The summed E-state index contributed by atoms with van der Waals surface area (Å²) in [5.74, 6) is -1.42. The van der Waals surface area contributed by atoms with Crippen LogP contribution in [0, 0.1) is 0 Å². The number of pyridine rings is 1. The van der Waals surface area contributed by atoms with Crippen LogP contribution in [0.3, 0.4) is 0 Å². The summed E-state index contributed by atoms with van der Waals surface area (Å²) in [7, 11) is -3.26. The molecule has 2 aromatic rings. The Balaban J connectivity index is 1.65. The van der Waals surface area contributed by atoms with Crippen LogP contribution in [0.5, 0.6) is 5.88 Å². The first-order valence-electron chi connectivity index (χ1n) is 7.71. The molecule has 1 unspecified atom stereocenters. The van der Waals surface area contributed by atoms with Crippen LogP contribution < -0.4 is 4.74 Å². The molecule has 0 radical (unpaired) electrons. The molecule has 1 saturated heterocycles. The first-order chi connectivity index (χ1) is 12.2. The highest BCUT2D eigenvalue weighted by Gasteiger charge is 2.38. The number of aromatic nitrogens is 3. The lowest BCUT2D eigenvalue weighted by molar-refractivity contribution is -0.159. The summed E-state index contributed by atoms with van der Waals surface area (Å²) in [6.45, 7) is 2.19. The van der Waals surface area contributed by atoms with Gasteiger partial charge in [-0.25, -0.2) is 13.4 Å². The average molecular weight is 392 g/mol. The number of alkyl halides is 3. The van der Waals surface area contributed by atoms with E-state index in [1.54, 1.807) is 6.92 Å². The fourth-order valence-electron chi connectivity index (χ4n) is 2.44. The number of halogens is 3. The van der Waals surface area contributed by atoms with Crippen molar-refractivity contribution >= 4 is 10.0 Å². The van der Waals surface area contributed by atoms with Crippen molar-refractivity contribution in [1.82, 2.24) is 19.4 Å². The minimum Gasteiger partial charge on any atom is -0.473 e. The van der Waals surface area contributed by atoms with Crippen LogP contribution in [0.1, 0.15) is 19.2 Å². The van der Waals surface area contributed by atoms with Crippen molar-refractivity contribution in [2.45, 2.75) is 25.6 Å². The first-order valence-corrected chi connectivity index (χ1v) is 9.32. The molecule has 12 heteroatoms. The van der Waals surface area contributed by atoms with E-state index in [0.717, 1.165) is 0 Å². The van der Waals surface area contributed by atoms with E-state index in [2.05, 4.69) is 19.6 Å². The van der Waals surface area contributed by atoms with Gasteiger partial charge in [-0.3, -0.25) is 0 Å². The van der Waals surface area contributed by atoms with Crippen LogP contribution in [0.4, 0.5) is 13.2 Å². The largest absolute Gasteiger partial charge is 0.473 e. The van der Waals surface area contributed by atoms with Crippen LogP contribution in [0.2, 0.25) is 0 Å². The normalized spacial score (nSPS) is 19.0. The third-order valence-electron chi connectivity index (χ3n) is 3.82. The van der Waals surface area contributed by atoms with Crippen molar-refractivity contribution in [2.24, 2.45) is 0 Å². The summed E-state index contributed by atoms with van der Waals surface area (Å²) in [5.41, 5.74) is 0.234. The van der Waals surface area contributed by atoms with Crippen molar-refractivity contribution in [3.8, 4) is 17.3 Å². The Morgan fingerprint density at radius 2 is 2.15 bits per heavy atom. The zero-order valence-electron chi connectivity index (χ0n) is 13.6. The van der Waals surface area contributed by atoms with Crippen molar-refractivity contribution in [1.29, 1.82) is 0 Å². The number of ether oxygens (including phenoxy) is 1. The molecule has 1 fully saturated rings. The van der Waals surface area contributed by atoms with Crippen molar-refractivity contribution in [3.63, 3.8) is 0 Å². The lowest BCUT2D eigenvalue weighted by atomic mass is 10.2. The fourth-order valence-corrected chi connectivity index (χ4v) is 3.58. The highest BCUT2D eigenvalue weighted by atomic mass is 32.2. The van der Waals surface area contributed by atoms with Gasteiger partial charge in [-0.15, -0.1) is 0 Å². The van der Waals surface area contributed by atoms with Crippen molar-refractivity contribution in [3.05, 3.63) is 24.2 Å². The molecule has 0 N–H and O–H groups in total. The predicted octanol–water partition coefficient (Wildman–Crippen LogP) is 1.95. The number of hydrogen-bond acceptors (Lipinski definition) is 7. The molecule has 2 aromatic heterocycles. The van der Waals surface area contributed by atoms with Gasteiger partial charge in [-0.1, -0.05) is 5.16 Å². The number of rotatable bonds is 5. The standard InChI is InChI=1S/C14H15F3N4O4S/c1-2-26(22,23)21-6-5-10(8-21)24-11-4-3-9(7-18-11)12-19-13(25-20-12)14(15,16)17/h3-4,7,10H,2,5-6,8H2,1H3. The van der Waals surface area contributed by atoms with E-state index in [9.17, 15) is 21.6 Å². The van der Waals surface area contributed by atoms with E-state index >= 15 is 0 Å². The summed E-state index contributed by atoms with van der Waals surface area (Å²) >= 11 is 0. The van der Waals surface area contributed by atoms with Crippen molar-refractivity contribution < 1.29 is 30.8 Å². The SMILES string of the molecule is CCS(=O)(=O)N1CCC(Oc2ccc(-c3noc(C(F)(F)F)n3)cn2)C1. The Bertz CT molecular complexity index is 867. The molecule has 0 aromatic carbocycles. The highest BCUT2D eigenvalue weighted by molar-refractivity contribution is 7.89. The van der Waals surface area contributed by atoms with E-state index in [1.807, 2.05) is 0 Å². The molecule has 1 aliphatic rings. The molecule has 0 spiro atoms. The monoisotopic (exact) mass is 392 g/mol. The highest BCUT2D eigenvalue weighted by Crippen LogP contribution is 2.29. The lowest BCUT2D eigenvalue weighted by Gasteiger charge is -2.15. The molecule has 1 atom stereocenters. The van der Waals surface area contributed by atoms with Gasteiger partial charge in [-0.05, 0) is 19.4 Å². The first kappa shape index (κ1) is 18.6. The van der Waals surface area contributed by atoms with Crippen LogP contribution in [0.25, 0.3) is 11.4 Å². The summed E-state index contributed by atoms with van der Waals surface area (Å²) in [4.78, 5) is 7.28. The fraction of sp³-hybridized carbons (Fsp3) is 0.500. The van der Waals surface area contributed by atoms with Gasteiger partial charge in [0.1, 0.15) is 6.10 Å². The number of sulfonamides is 1. The van der Waals surface area contributed by atoms with Gasteiger partial charge in [0.25, 0.3) is 0 Å². The van der Waals surface area contributed by atoms with Gasteiger partial charge in [-0.2, -0.15) is 22.5 Å². The van der Waals surface area contributed by atoms with Crippen LogP contribution in [0.15, 0.2) is 22.9 Å². The molecule has 0 aliphatic carbocycles. The maximum Gasteiger partial charge on any atom is 0.471 e. The third kappa shape index (κ3) is 3.96. The van der Waals surface area contributed by atoms with Gasteiger partial charge < -0.3 is 9.26 Å². The molecule has 3 heterocycles. The van der Waals surface area contributed by atoms with Crippen LogP contribution in [-0.2, 0) is 16.2 Å². The van der Waals surface area contributed by atoms with E-state index < -0.39 is 22.1 Å². The number of hydrogen-bond donors (Lipinski definition) is 0. The Labute approximate surface area is 147 Å². The Hall–Kier alpha value is -2.21. The zero-order valence-corrected chi connectivity index (χ0v) is 14.4. The third-order valence-corrected chi connectivity index (χ3v) is 5.66. The molecular weight excluding hydrogens is 377 g/mol. The molecule has 0 amide bonds. The molecule has 142 valence electrons. The zero-order chi connectivity index (χ0) is 18.9. The van der Waals surface area contributed by atoms with E-state index in [1.165, 1.54) is 22.6 Å². The van der Waals surface area contributed by atoms with Crippen LogP contribution in [-0.4, -0.2) is 52.8 Å². The van der Waals surface area contributed by atoms with Gasteiger partial charge in [0.15, 0.2) is 0 Å². The maximum atomic E-state index is 12.5. The van der Waals surface area contributed by atoms with E-state index in [-0.39, 0.29) is 35.7 Å². The molecule has 3 rings (SSSR count). The quantitative estimate of drug-likeness (QED) is 0.767. The lowest BCUT2D eigenvalue weighted by Crippen LogP contribution is -2.32. The van der Waals surface area contributed by atoms with Gasteiger partial charge in [0, 0.05) is 24.4 Å². The second-order valence-electron chi connectivity index (χ2n) is 5.59. The van der Waals surface area contributed by atoms with Crippen LogP contribution >= 0.6 is 0 Å². The molecule has 1 aliphatic heterocycles. The Morgan fingerprint density at radius 1 is 1.38 bits per heavy atom. The maximum absolute atomic E-state index is 12.5. The molecular formula is C14H15F3N4O4S. The van der Waals surface area contributed by atoms with E-state index in [0.29, 0.717) is 13.0 Å². The molecule has 26 heavy (non-hydrogen) atoms. The smallest absolute Gasteiger partial charge is 0.471 e. The molecule has 0 bridgehead atoms. The van der Waals surface area contributed by atoms with E-state index in [4.69, 9.17) is 4.74 Å². The van der Waals surface area contributed by atoms with Gasteiger partial charge in [0.2, 0.25) is 21.7 Å². The number of nitrogens with zero attached hydrogens (tertiary/aromatic N) is 4. The Kier molecular flexibility index (Phi) is 4.88. The second-order valence-corrected chi connectivity index (χ2v) is 7.85. The van der Waals surface area contributed by atoms with Crippen molar-refractivity contribution in [2.75, 3.05) is 18.8 Å². The average Bonchev–Trinajstić information content (AvgIpc) is 3.25. The second kappa shape index (κ2) is 6.83. The Morgan fingerprint density at radius 3 is 2.73 bits per heavy atom. The summed E-state index contributed by atoms with van der Waals surface area (Å²) in [6, 6.07) is 2.90. The topological polar surface area (TPSA) is 98.4 Å². The molecule has 8 nitrogen and oxygen atoms in total. The minimum atomic E-state index is -4.71. The summed E-state index contributed by atoms with van der Waals surface area (Å²) in [5, 5.41) is 3.27. The summed E-state index contributed by atoms with van der Waals surface area (Å²) in [6.07, 6.45) is -3.26. The summed E-state index contributed by atoms with van der Waals surface area (Å²) < 4.78 is 72.2.